The topological polar surface area (TPSA) is 42.5 Å². The maximum atomic E-state index is 5.36. The van der Waals surface area contributed by atoms with Crippen LogP contribution in [0.1, 0.15) is 38.5 Å². The monoisotopic (exact) mass is 270 g/mol. The van der Waals surface area contributed by atoms with Gasteiger partial charge < -0.3 is 20.1 Å². The molecule has 2 aliphatic rings. The molecule has 0 aromatic rings. The van der Waals surface area contributed by atoms with E-state index in [2.05, 4.69) is 10.6 Å². The zero-order valence-electron chi connectivity index (χ0n) is 12.5. The highest BCUT2D eigenvalue weighted by Gasteiger charge is 2.31. The molecule has 4 nitrogen and oxygen atoms in total. The van der Waals surface area contributed by atoms with E-state index in [0.29, 0.717) is 12.6 Å². The molecule has 0 bridgehead atoms. The summed E-state index contributed by atoms with van der Waals surface area (Å²) in [5.41, 5.74) is 0. The summed E-state index contributed by atoms with van der Waals surface area (Å²) in [5, 5.41) is 7.36. The smallest absolute Gasteiger partial charge is 0.0928 e. The quantitative estimate of drug-likeness (QED) is 0.736. The second-order valence-electron chi connectivity index (χ2n) is 6.06. The molecule has 19 heavy (non-hydrogen) atoms. The standard InChI is InChI=1S/C15H30N2O2/c1-18-11-14(19-2)10-16-9-13-8-7-12-5-3-4-6-15(12)17-13/h12-17H,3-11H2,1-2H3. The molecule has 0 amide bonds. The zero-order valence-corrected chi connectivity index (χ0v) is 12.5. The SMILES string of the molecule is COCC(CNCC1CCC2CCCCC2N1)OC. The van der Waals surface area contributed by atoms with Gasteiger partial charge in [-0.2, -0.15) is 0 Å². The number of nitrogens with one attached hydrogen (secondary N) is 2. The van der Waals surface area contributed by atoms with Gasteiger partial charge in [0, 0.05) is 39.4 Å². The van der Waals surface area contributed by atoms with E-state index in [9.17, 15) is 0 Å². The molecular formula is C15H30N2O2. The number of methoxy groups -OCH3 is 2. The lowest BCUT2D eigenvalue weighted by molar-refractivity contribution is 0.0283. The average Bonchev–Trinajstić information content (AvgIpc) is 2.46. The lowest BCUT2D eigenvalue weighted by Crippen LogP contribution is -2.52. The van der Waals surface area contributed by atoms with E-state index in [0.717, 1.165) is 25.0 Å². The Morgan fingerprint density at radius 2 is 2.00 bits per heavy atom. The number of hydrogen-bond donors (Lipinski definition) is 2. The fraction of sp³-hybridized carbons (Fsp3) is 1.00. The molecular weight excluding hydrogens is 240 g/mol. The molecule has 0 aromatic carbocycles. The molecule has 112 valence electrons. The summed E-state index contributed by atoms with van der Waals surface area (Å²) >= 11 is 0. The molecule has 1 saturated carbocycles. The Kier molecular flexibility index (Phi) is 6.57. The molecule has 4 atom stereocenters. The van der Waals surface area contributed by atoms with Crippen LogP contribution in [0.15, 0.2) is 0 Å². The van der Waals surface area contributed by atoms with Gasteiger partial charge in [0.15, 0.2) is 0 Å². The van der Waals surface area contributed by atoms with Crippen LogP contribution >= 0.6 is 0 Å². The predicted octanol–water partition coefficient (Wildman–Crippen LogP) is 1.55. The van der Waals surface area contributed by atoms with E-state index in [-0.39, 0.29) is 6.10 Å². The molecule has 1 aliphatic carbocycles. The minimum atomic E-state index is 0.163. The Bertz CT molecular complexity index is 250. The first-order chi connectivity index (χ1) is 9.33. The summed E-state index contributed by atoms with van der Waals surface area (Å²) < 4.78 is 10.5. The second kappa shape index (κ2) is 8.20. The van der Waals surface area contributed by atoms with Crippen LogP contribution in [-0.4, -0.2) is 52.1 Å². The third-order valence-electron chi connectivity index (χ3n) is 4.69. The normalized spacial score (nSPS) is 32.8. The maximum absolute atomic E-state index is 5.36. The highest BCUT2D eigenvalue weighted by Crippen LogP contribution is 2.31. The minimum absolute atomic E-state index is 0.163. The van der Waals surface area contributed by atoms with E-state index in [4.69, 9.17) is 9.47 Å². The Morgan fingerprint density at radius 3 is 2.79 bits per heavy atom. The van der Waals surface area contributed by atoms with Gasteiger partial charge in [0.1, 0.15) is 0 Å². The van der Waals surface area contributed by atoms with Crippen molar-refractivity contribution in [3.05, 3.63) is 0 Å². The molecule has 1 heterocycles. The fourth-order valence-corrected chi connectivity index (χ4v) is 3.55. The number of hydrogen-bond acceptors (Lipinski definition) is 4. The third-order valence-corrected chi connectivity index (χ3v) is 4.69. The molecule has 1 saturated heterocycles. The zero-order chi connectivity index (χ0) is 13.5. The van der Waals surface area contributed by atoms with E-state index in [1.165, 1.54) is 38.5 Å². The van der Waals surface area contributed by atoms with E-state index >= 15 is 0 Å². The van der Waals surface area contributed by atoms with Crippen molar-refractivity contribution in [3.63, 3.8) is 0 Å². The van der Waals surface area contributed by atoms with Crippen LogP contribution in [0.3, 0.4) is 0 Å². The van der Waals surface area contributed by atoms with Crippen molar-refractivity contribution < 1.29 is 9.47 Å². The van der Waals surface area contributed by atoms with E-state index in [1.807, 2.05) is 0 Å². The Balaban J connectivity index is 1.63. The summed E-state index contributed by atoms with van der Waals surface area (Å²) in [7, 11) is 3.47. The summed E-state index contributed by atoms with van der Waals surface area (Å²) in [6.07, 6.45) is 8.57. The third kappa shape index (κ3) is 4.71. The molecule has 4 heteroatoms. The van der Waals surface area contributed by atoms with Crippen LogP contribution in [0, 0.1) is 5.92 Å². The lowest BCUT2D eigenvalue weighted by atomic mass is 9.78. The number of rotatable bonds is 7. The highest BCUT2D eigenvalue weighted by atomic mass is 16.5. The molecule has 2 fully saturated rings. The molecule has 4 unspecified atom stereocenters. The van der Waals surface area contributed by atoms with Crippen molar-refractivity contribution >= 4 is 0 Å². The predicted molar refractivity (Wildman–Crippen MR) is 77.4 cm³/mol. The van der Waals surface area contributed by atoms with Crippen LogP contribution < -0.4 is 10.6 Å². The van der Waals surface area contributed by atoms with Crippen LogP contribution in [0.5, 0.6) is 0 Å². The lowest BCUT2D eigenvalue weighted by Gasteiger charge is -2.40. The van der Waals surface area contributed by atoms with Crippen molar-refractivity contribution in [2.75, 3.05) is 33.9 Å². The van der Waals surface area contributed by atoms with Gasteiger partial charge in [-0.15, -0.1) is 0 Å². The van der Waals surface area contributed by atoms with Crippen molar-refractivity contribution in [1.82, 2.24) is 10.6 Å². The first-order valence-electron chi connectivity index (χ1n) is 7.82. The Morgan fingerprint density at radius 1 is 1.16 bits per heavy atom. The van der Waals surface area contributed by atoms with Gasteiger partial charge >= 0.3 is 0 Å². The molecule has 2 rings (SSSR count). The first kappa shape index (κ1) is 15.2. The fourth-order valence-electron chi connectivity index (χ4n) is 3.55. The van der Waals surface area contributed by atoms with E-state index in [1.54, 1.807) is 14.2 Å². The van der Waals surface area contributed by atoms with Gasteiger partial charge in [0.25, 0.3) is 0 Å². The molecule has 0 spiro atoms. The van der Waals surface area contributed by atoms with Gasteiger partial charge in [-0.25, -0.2) is 0 Å². The number of fused-ring (bicyclic) bond motifs is 1. The van der Waals surface area contributed by atoms with Crippen molar-refractivity contribution in [1.29, 1.82) is 0 Å². The van der Waals surface area contributed by atoms with Gasteiger partial charge in [-0.1, -0.05) is 12.8 Å². The molecule has 2 N–H and O–H groups in total. The molecule has 1 aliphatic heterocycles. The van der Waals surface area contributed by atoms with Crippen LogP contribution in [0.4, 0.5) is 0 Å². The largest absolute Gasteiger partial charge is 0.382 e. The van der Waals surface area contributed by atoms with Crippen LogP contribution in [0.25, 0.3) is 0 Å². The Hall–Kier alpha value is -0.160. The maximum Gasteiger partial charge on any atom is 0.0928 e. The molecule has 0 aromatic heterocycles. The van der Waals surface area contributed by atoms with Crippen molar-refractivity contribution in [2.45, 2.75) is 56.7 Å². The van der Waals surface area contributed by atoms with Gasteiger partial charge in [0.2, 0.25) is 0 Å². The Labute approximate surface area is 117 Å². The first-order valence-corrected chi connectivity index (χ1v) is 7.82. The average molecular weight is 270 g/mol. The van der Waals surface area contributed by atoms with Crippen molar-refractivity contribution in [2.24, 2.45) is 5.92 Å². The summed E-state index contributed by atoms with van der Waals surface area (Å²) in [6.45, 7) is 2.58. The van der Waals surface area contributed by atoms with Gasteiger partial charge in [-0.05, 0) is 31.6 Å². The number of piperidine rings is 1. The summed E-state index contributed by atoms with van der Waals surface area (Å²) in [5.74, 6) is 0.949. The number of ether oxygens (including phenoxy) is 2. The van der Waals surface area contributed by atoms with Crippen LogP contribution in [0.2, 0.25) is 0 Å². The van der Waals surface area contributed by atoms with Crippen molar-refractivity contribution in [3.8, 4) is 0 Å². The van der Waals surface area contributed by atoms with Crippen LogP contribution in [-0.2, 0) is 9.47 Å². The highest BCUT2D eigenvalue weighted by molar-refractivity contribution is 4.90. The van der Waals surface area contributed by atoms with Gasteiger partial charge in [-0.3, -0.25) is 0 Å². The molecule has 0 radical (unpaired) electrons. The van der Waals surface area contributed by atoms with Gasteiger partial charge in [0.05, 0.1) is 12.7 Å². The second-order valence-corrected chi connectivity index (χ2v) is 6.06. The summed E-state index contributed by atoms with van der Waals surface area (Å²) in [4.78, 5) is 0. The minimum Gasteiger partial charge on any atom is -0.382 e. The van der Waals surface area contributed by atoms with E-state index < -0.39 is 0 Å². The summed E-state index contributed by atoms with van der Waals surface area (Å²) in [6, 6.07) is 1.42.